The lowest BCUT2D eigenvalue weighted by Gasteiger charge is -2.26. The fourth-order valence-electron chi connectivity index (χ4n) is 2.23. The second-order valence-corrected chi connectivity index (χ2v) is 7.19. The van der Waals surface area contributed by atoms with Crippen molar-refractivity contribution < 1.29 is 44.5 Å². The van der Waals surface area contributed by atoms with Gasteiger partial charge in [0.15, 0.2) is 0 Å². The van der Waals surface area contributed by atoms with Crippen LogP contribution >= 0.6 is 0 Å². The molecule has 0 aliphatic carbocycles. The normalized spacial score (nSPS) is 14.3. The van der Waals surface area contributed by atoms with Crippen LogP contribution in [0.2, 0.25) is 0 Å². The maximum absolute atomic E-state index is 13.7. The summed E-state index contributed by atoms with van der Waals surface area (Å²) < 4.78 is 100. The molecule has 5 nitrogen and oxygen atoms in total. The summed E-state index contributed by atoms with van der Waals surface area (Å²) in [5, 5.41) is -5.81. The van der Waals surface area contributed by atoms with Crippen LogP contribution in [0.1, 0.15) is 11.1 Å². The van der Waals surface area contributed by atoms with E-state index in [1.54, 1.807) is 24.3 Å². The van der Waals surface area contributed by atoms with Crippen molar-refractivity contribution in [2.75, 3.05) is 0 Å². The Morgan fingerprint density at radius 2 is 1.41 bits per heavy atom. The summed E-state index contributed by atoms with van der Waals surface area (Å²) in [6, 6.07) is 14.8. The Bertz CT molecular complexity index is 986. The van der Waals surface area contributed by atoms with E-state index in [1.807, 2.05) is 0 Å². The first-order chi connectivity index (χ1) is 13.3. The summed E-state index contributed by atoms with van der Waals surface area (Å²) in [6.45, 7) is 0. The maximum Gasteiger partial charge on any atom is 0.432 e. The first-order valence-corrected chi connectivity index (χ1v) is 9.23. The molecule has 1 unspecified atom stereocenters. The van der Waals surface area contributed by atoms with E-state index < -0.39 is 39.2 Å². The average Bonchev–Trinajstić information content (AvgIpc) is 2.63. The van der Waals surface area contributed by atoms with Gasteiger partial charge in [-0.15, -0.1) is 0 Å². The van der Waals surface area contributed by atoms with Crippen LogP contribution in [0.15, 0.2) is 60.7 Å². The van der Waals surface area contributed by atoms with Crippen LogP contribution in [0, 0.1) is 0 Å². The molecule has 0 amide bonds. The van der Waals surface area contributed by atoms with Crippen molar-refractivity contribution in [3.63, 3.8) is 0 Å². The molecule has 0 spiro atoms. The Kier molecular flexibility index (Phi) is 6.43. The molecule has 2 rings (SSSR count). The van der Waals surface area contributed by atoms with Crippen LogP contribution in [0.3, 0.4) is 0 Å². The molecular weight excluding hydrogens is 423 g/mol. The van der Waals surface area contributed by atoms with E-state index in [0.717, 1.165) is 6.08 Å². The van der Waals surface area contributed by atoms with Crippen molar-refractivity contribution in [1.29, 1.82) is 0 Å². The van der Waals surface area contributed by atoms with Crippen LogP contribution in [0.4, 0.5) is 22.0 Å². The summed E-state index contributed by atoms with van der Waals surface area (Å²) >= 11 is 0. The highest BCUT2D eigenvalue weighted by atomic mass is 32.2. The monoisotopic (exact) mass is 436 g/mol. The van der Waals surface area contributed by atoms with Gasteiger partial charge in [0, 0.05) is 0 Å². The molecule has 2 aromatic carbocycles. The average molecular weight is 436 g/mol. The van der Waals surface area contributed by atoms with E-state index in [9.17, 15) is 35.2 Å². The molecule has 0 fully saturated rings. The first kappa shape index (κ1) is 22.5. The van der Waals surface area contributed by atoms with E-state index >= 15 is 0 Å². The number of alkyl halides is 5. The highest BCUT2D eigenvalue weighted by Crippen LogP contribution is 2.39. The fourth-order valence-corrected chi connectivity index (χ4v) is 2.68. The lowest BCUT2D eigenvalue weighted by atomic mass is 10.0. The van der Waals surface area contributed by atoms with Crippen LogP contribution in [0.5, 0.6) is 0 Å². The summed E-state index contributed by atoms with van der Waals surface area (Å²) in [5.74, 6) is -1.86. The van der Waals surface area contributed by atoms with Gasteiger partial charge in [-0.2, -0.15) is 30.4 Å². The minimum Gasteiger partial charge on any atom is -0.441 e. The topological polar surface area (TPSA) is 80.7 Å². The van der Waals surface area contributed by atoms with E-state index in [0.29, 0.717) is 5.56 Å². The molecule has 0 aromatic heterocycles. The Hall–Kier alpha value is -2.79. The predicted octanol–water partition coefficient (Wildman–Crippen LogP) is 4.18. The Morgan fingerprint density at radius 3 is 1.86 bits per heavy atom. The van der Waals surface area contributed by atoms with Crippen molar-refractivity contribution in [3.05, 3.63) is 71.8 Å². The van der Waals surface area contributed by atoms with Crippen LogP contribution < -0.4 is 0 Å². The zero-order chi connectivity index (χ0) is 21.9. The van der Waals surface area contributed by atoms with Crippen molar-refractivity contribution in [2.24, 2.45) is 0 Å². The van der Waals surface area contributed by atoms with Gasteiger partial charge in [-0.1, -0.05) is 60.7 Å². The second-order valence-electron chi connectivity index (χ2n) is 5.70. The number of rotatable bonds is 6. The van der Waals surface area contributed by atoms with Crippen LogP contribution in [-0.4, -0.2) is 36.5 Å². The van der Waals surface area contributed by atoms with Crippen molar-refractivity contribution in [2.45, 2.75) is 17.5 Å². The molecule has 0 bridgehead atoms. The zero-order valence-corrected chi connectivity index (χ0v) is 15.1. The number of hydrogen-bond donors (Lipinski definition) is 1. The van der Waals surface area contributed by atoms with Gasteiger partial charge in [0.05, 0.1) is 5.57 Å². The molecule has 0 radical (unpaired) electrons. The van der Waals surface area contributed by atoms with Crippen LogP contribution in [-0.2, 0) is 19.6 Å². The first-order valence-electron chi connectivity index (χ1n) is 7.78. The van der Waals surface area contributed by atoms with Gasteiger partial charge >= 0.3 is 27.5 Å². The lowest BCUT2D eigenvalue weighted by molar-refractivity contribution is -0.256. The SMILES string of the molecule is O=C(OC(C(F)(F)F)C(F)(F)S(=O)(=O)O)/C(=C/c1ccccc1)c1ccccc1. The lowest BCUT2D eigenvalue weighted by Crippen LogP contribution is -2.52. The minimum atomic E-state index is -6.53. The summed E-state index contributed by atoms with van der Waals surface area (Å²) in [4.78, 5) is 12.4. The van der Waals surface area contributed by atoms with E-state index in [-0.39, 0.29) is 5.56 Å². The fraction of sp³-hybridized carbons (Fsp3) is 0.167. The van der Waals surface area contributed by atoms with Crippen molar-refractivity contribution >= 4 is 27.7 Å². The van der Waals surface area contributed by atoms with Gasteiger partial charge < -0.3 is 4.74 Å². The molecule has 2 aromatic rings. The van der Waals surface area contributed by atoms with E-state index in [2.05, 4.69) is 4.74 Å². The van der Waals surface area contributed by atoms with Gasteiger partial charge in [0.2, 0.25) is 0 Å². The van der Waals surface area contributed by atoms with Crippen molar-refractivity contribution in [1.82, 2.24) is 0 Å². The maximum atomic E-state index is 13.7. The number of esters is 1. The van der Waals surface area contributed by atoms with Gasteiger partial charge in [-0.05, 0) is 17.2 Å². The summed E-state index contributed by atoms with van der Waals surface area (Å²) in [6.07, 6.45) is -9.31. The Balaban J connectivity index is 2.52. The molecule has 1 N–H and O–H groups in total. The van der Waals surface area contributed by atoms with Gasteiger partial charge in [-0.3, -0.25) is 4.55 Å². The van der Waals surface area contributed by atoms with Gasteiger partial charge in [0.1, 0.15) is 0 Å². The number of carbonyl (C=O) groups is 1. The summed E-state index contributed by atoms with van der Waals surface area (Å²) in [7, 11) is -6.53. The minimum absolute atomic E-state index is 0.0393. The second kappa shape index (κ2) is 8.29. The number of halogens is 5. The van der Waals surface area contributed by atoms with E-state index in [4.69, 9.17) is 4.55 Å². The third-order valence-electron chi connectivity index (χ3n) is 3.59. The third-order valence-corrected chi connectivity index (χ3v) is 4.49. The van der Waals surface area contributed by atoms with Gasteiger partial charge in [0.25, 0.3) is 6.10 Å². The Morgan fingerprint density at radius 1 is 0.931 bits per heavy atom. The molecule has 1 atom stereocenters. The number of benzene rings is 2. The molecule has 0 saturated heterocycles. The molecule has 11 heteroatoms. The molecule has 0 aliphatic heterocycles. The Labute approximate surface area is 162 Å². The molecular formula is C18H13F5O5S. The molecule has 156 valence electrons. The van der Waals surface area contributed by atoms with Gasteiger partial charge in [-0.25, -0.2) is 4.79 Å². The number of carbonyl (C=O) groups excluding carboxylic acids is 1. The smallest absolute Gasteiger partial charge is 0.432 e. The summed E-state index contributed by atoms with van der Waals surface area (Å²) in [5.41, 5.74) is -0.150. The largest absolute Gasteiger partial charge is 0.441 e. The molecule has 0 aliphatic rings. The number of ether oxygens (including phenoxy) is 1. The molecule has 0 saturated carbocycles. The van der Waals surface area contributed by atoms with E-state index in [1.165, 1.54) is 36.4 Å². The molecule has 0 heterocycles. The zero-order valence-electron chi connectivity index (χ0n) is 14.3. The standard InChI is InChI=1S/C18H13F5O5S/c19-17(20,21)16(18(22,23)29(25,26)27)28-15(24)14(13-9-5-2-6-10-13)11-12-7-3-1-4-8-12/h1-11,16H,(H,25,26,27)/b14-11+. The van der Waals surface area contributed by atoms with Crippen LogP contribution in [0.25, 0.3) is 11.6 Å². The molecule has 29 heavy (non-hydrogen) atoms. The predicted molar refractivity (Wildman–Crippen MR) is 93.2 cm³/mol. The van der Waals surface area contributed by atoms with Crippen molar-refractivity contribution in [3.8, 4) is 0 Å². The highest BCUT2D eigenvalue weighted by molar-refractivity contribution is 7.86. The number of hydrogen-bond acceptors (Lipinski definition) is 4. The third kappa shape index (κ3) is 5.39. The quantitative estimate of drug-likeness (QED) is 0.242. The highest BCUT2D eigenvalue weighted by Gasteiger charge is 2.66.